The second-order valence-electron chi connectivity index (χ2n) is 5.34. The largest absolute Gasteiger partial charge is 0.425 e. The molecule has 0 aliphatic heterocycles. The van der Waals surface area contributed by atoms with Crippen molar-refractivity contribution in [3.05, 3.63) is 29.3 Å². The van der Waals surface area contributed by atoms with Crippen molar-refractivity contribution in [1.82, 2.24) is 0 Å². The summed E-state index contributed by atoms with van der Waals surface area (Å²) in [6.07, 6.45) is 0. The van der Waals surface area contributed by atoms with Crippen molar-refractivity contribution in [2.75, 3.05) is 13.2 Å². The number of carbonyl (C=O) groups excluding carboxylic acids is 1. The van der Waals surface area contributed by atoms with E-state index in [2.05, 4.69) is 26.8 Å². The number of ether oxygens (including phenoxy) is 2. The van der Waals surface area contributed by atoms with Gasteiger partial charge in [0.1, 0.15) is 12.4 Å². The molecule has 0 radical (unpaired) electrons. The van der Waals surface area contributed by atoms with Crippen LogP contribution in [0.15, 0.2) is 18.2 Å². The monoisotopic (exact) mass is 250 g/mol. The molecule has 0 spiro atoms. The SMILES string of the molecule is CCOCC(=O)Oc1ccc(C(C)(C)C)cc1C. The van der Waals surface area contributed by atoms with Gasteiger partial charge in [-0.05, 0) is 36.5 Å². The summed E-state index contributed by atoms with van der Waals surface area (Å²) in [6.45, 7) is 10.8. The Hall–Kier alpha value is -1.35. The van der Waals surface area contributed by atoms with Crippen LogP contribution in [-0.2, 0) is 14.9 Å². The second-order valence-corrected chi connectivity index (χ2v) is 5.34. The van der Waals surface area contributed by atoms with E-state index in [1.54, 1.807) is 0 Å². The maximum absolute atomic E-state index is 11.5. The van der Waals surface area contributed by atoms with Crippen molar-refractivity contribution in [3.8, 4) is 5.75 Å². The fourth-order valence-electron chi connectivity index (χ4n) is 1.57. The summed E-state index contributed by atoms with van der Waals surface area (Å²) < 4.78 is 10.3. The lowest BCUT2D eigenvalue weighted by atomic mass is 9.86. The minimum atomic E-state index is -0.358. The summed E-state index contributed by atoms with van der Waals surface area (Å²) in [5, 5.41) is 0. The summed E-state index contributed by atoms with van der Waals surface area (Å²) in [5.74, 6) is 0.246. The van der Waals surface area contributed by atoms with E-state index in [9.17, 15) is 4.79 Å². The van der Waals surface area contributed by atoms with Gasteiger partial charge in [-0.25, -0.2) is 4.79 Å². The Morgan fingerprint density at radius 1 is 1.28 bits per heavy atom. The number of rotatable bonds is 4. The zero-order valence-electron chi connectivity index (χ0n) is 11.9. The minimum Gasteiger partial charge on any atom is -0.425 e. The average Bonchev–Trinajstić information content (AvgIpc) is 2.27. The average molecular weight is 250 g/mol. The Balaban J connectivity index is 2.77. The highest BCUT2D eigenvalue weighted by atomic mass is 16.6. The Labute approximate surface area is 109 Å². The highest BCUT2D eigenvalue weighted by Crippen LogP contribution is 2.27. The summed E-state index contributed by atoms with van der Waals surface area (Å²) in [5.41, 5.74) is 2.29. The van der Waals surface area contributed by atoms with Crippen molar-refractivity contribution in [3.63, 3.8) is 0 Å². The molecule has 3 heteroatoms. The molecule has 1 aromatic carbocycles. The third-order valence-corrected chi connectivity index (χ3v) is 2.69. The Morgan fingerprint density at radius 3 is 2.44 bits per heavy atom. The van der Waals surface area contributed by atoms with E-state index < -0.39 is 0 Å². The zero-order chi connectivity index (χ0) is 13.8. The van der Waals surface area contributed by atoms with Gasteiger partial charge >= 0.3 is 5.97 Å². The summed E-state index contributed by atoms with van der Waals surface area (Å²) in [6, 6.07) is 5.90. The predicted molar refractivity (Wildman–Crippen MR) is 72.0 cm³/mol. The van der Waals surface area contributed by atoms with E-state index in [4.69, 9.17) is 9.47 Å². The number of benzene rings is 1. The van der Waals surface area contributed by atoms with E-state index >= 15 is 0 Å². The lowest BCUT2D eigenvalue weighted by Gasteiger charge is -2.20. The molecule has 0 unspecified atom stereocenters. The molecule has 0 aliphatic rings. The zero-order valence-corrected chi connectivity index (χ0v) is 11.9. The molecule has 0 N–H and O–H groups in total. The van der Waals surface area contributed by atoms with Crippen LogP contribution in [-0.4, -0.2) is 19.2 Å². The van der Waals surface area contributed by atoms with Gasteiger partial charge < -0.3 is 9.47 Å². The molecule has 0 amide bonds. The maximum atomic E-state index is 11.5. The minimum absolute atomic E-state index is 0.00301. The van der Waals surface area contributed by atoms with Crippen LogP contribution in [0, 0.1) is 6.92 Å². The van der Waals surface area contributed by atoms with Gasteiger partial charge in [0.25, 0.3) is 0 Å². The first-order chi connectivity index (χ1) is 8.34. The molecule has 18 heavy (non-hydrogen) atoms. The number of aryl methyl sites for hydroxylation is 1. The van der Waals surface area contributed by atoms with Gasteiger partial charge in [0.15, 0.2) is 0 Å². The molecule has 0 bridgehead atoms. The first-order valence-electron chi connectivity index (χ1n) is 6.24. The highest BCUT2D eigenvalue weighted by Gasteiger charge is 2.15. The van der Waals surface area contributed by atoms with E-state index in [0.717, 1.165) is 5.56 Å². The van der Waals surface area contributed by atoms with Crippen LogP contribution in [0.25, 0.3) is 0 Å². The fraction of sp³-hybridized carbons (Fsp3) is 0.533. The highest BCUT2D eigenvalue weighted by molar-refractivity contribution is 5.74. The van der Waals surface area contributed by atoms with Crippen molar-refractivity contribution in [2.45, 2.75) is 40.0 Å². The van der Waals surface area contributed by atoms with E-state index in [-0.39, 0.29) is 18.0 Å². The standard InChI is InChI=1S/C15H22O3/c1-6-17-10-14(16)18-13-8-7-12(9-11(13)2)15(3,4)5/h7-9H,6,10H2,1-5H3. The van der Waals surface area contributed by atoms with Gasteiger partial charge in [0.05, 0.1) is 0 Å². The number of carbonyl (C=O) groups is 1. The lowest BCUT2D eigenvalue weighted by Crippen LogP contribution is -2.16. The Kier molecular flexibility index (Phi) is 4.91. The second kappa shape index (κ2) is 6.01. The maximum Gasteiger partial charge on any atom is 0.337 e. The first-order valence-corrected chi connectivity index (χ1v) is 6.24. The summed E-state index contributed by atoms with van der Waals surface area (Å²) in [7, 11) is 0. The van der Waals surface area contributed by atoms with Crippen molar-refractivity contribution >= 4 is 5.97 Å². The Bertz CT molecular complexity index is 416. The van der Waals surface area contributed by atoms with Gasteiger partial charge in [-0.2, -0.15) is 0 Å². The summed E-state index contributed by atoms with van der Waals surface area (Å²) >= 11 is 0. The Morgan fingerprint density at radius 2 is 1.94 bits per heavy atom. The first kappa shape index (κ1) is 14.7. The van der Waals surface area contributed by atoms with Crippen LogP contribution < -0.4 is 4.74 Å². The molecule has 0 saturated carbocycles. The van der Waals surface area contributed by atoms with Crippen LogP contribution in [0.5, 0.6) is 5.75 Å². The number of hydrogen-bond donors (Lipinski definition) is 0. The van der Waals surface area contributed by atoms with Crippen LogP contribution in [0.1, 0.15) is 38.8 Å². The van der Waals surface area contributed by atoms with Crippen molar-refractivity contribution < 1.29 is 14.3 Å². The van der Waals surface area contributed by atoms with Gasteiger partial charge in [-0.3, -0.25) is 0 Å². The molecule has 1 rings (SSSR count). The van der Waals surface area contributed by atoms with E-state index in [1.165, 1.54) is 5.56 Å². The normalized spacial score (nSPS) is 11.4. The number of hydrogen-bond acceptors (Lipinski definition) is 3. The third-order valence-electron chi connectivity index (χ3n) is 2.69. The molecule has 0 aromatic heterocycles. The van der Waals surface area contributed by atoms with Crippen molar-refractivity contribution in [1.29, 1.82) is 0 Å². The smallest absolute Gasteiger partial charge is 0.337 e. The van der Waals surface area contributed by atoms with E-state index in [1.807, 2.05) is 26.0 Å². The van der Waals surface area contributed by atoms with Crippen LogP contribution in [0.2, 0.25) is 0 Å². The van der Waals surface area contributed by atoms with Gasteiger partial charge in [-0.1, -0.05) is 32.9 Å². The lowest BCUT2D eigenvalue weighted by molar-refractivity contribution is -0.139. The number of esters is 1. The van der Waals surface area contributed by atoms with Crippen molar-refractivity contribution in [2.24, 2.45) is 0 Å². The molecule has 1 aromatic rings. The van der Waals surface area contributed by atoms with Crippen LogP contribution in [0.3, 0.4) is 0 Å². The topological polar surface area (TPSA) is 35.5 Å². The third kappa shape index (κ3) is 4.15. The summed E-state index contributed by atoms with van der Waals surface area (Å²) in [4.78, 5) is 11.5. The molecule has 100 valence electrons. The predicted octanol–water partition coefficient (Wildman–Crippen LogP) is 3.23. The van der Waals surface area contributed by atoms with Gasteiger partial charge in [0, 0.05) is 6.61 Å². The van der Waals surface area contributed by atoms with Crippen LogP contribution in [0.4, 0.5) is 0 Å². The molecule has 0 heterocycles. The van der Waals surface area contributed by atoms with Crippen LogP contribution >= 0.6 is 0 Å². The van der Waals surface area contributed by atoms with E-state index in [0.29, 0.717) is 12.4 Å². The molecule has 0 atom stereocenters. The molecular formula is C15H22O3. The fourth-order valence-corrected chi connectivity index (χ4v) is 1.57. The molecular weight excluding hydrogens is 228 g/mol. The van der Waals surface area contributed by atoms with Gasteiger partial charge in [-0.15, -0.1) is 0 Å². The molecule has 0 saturated heterocycles. The quantitative estimate of drug-likeness (QED) is 0.608. The van der Waals surface area contributed by atoms with Gasteiger partial charge in [0.2, 0.25) is 0 Å². The molecule has 0 fully saturated rings. The molecule has 3 nitrogen and oxygen atoms in total. The molecule has 0 aliphatic carbocycles.